The van der Waals surface area contributed by atoms with E-state index in [1.807, 2.05) is 43.0 Å². The molecule has 0 radical (unpaired) electrons. The second kappa shape index (κ2) is 9.40. The van der Waals surface area contributed by atoms with Gasteiger partial charge in [-0.3, -0.25) is 9.69 Å². The van der Waals surface area contributed by atoms with Gasteiger partial charge in [-0.05, 0) is 43.6 Å². The van der Waals surface area contributed by atoms with Crippen LogP contribution in [0, 0.1) is 0 Å². The van der Waals surface area contributed by atoms with Crippen LogP contribution in [0.2, 0.25) is 0 Å². The Morgan fingerprint density at radius 2 is 2.05 bits per heavy atom. The lowest BCUT2D eigenvalue weighted by atomic mass is 10.0. The van der Waals surface area contributed by atoms with Crippen LogP contribution in [0.3, 0.4) is 0 Å². The number of aliphatic carboxylic acids is 1. The topological polar surface area (TPSA) is 49.8 Å². The van der Waals surface area contributed by atoms with Crippen molar-refractivity contribution in [1.29, 1.82) is 0 Å². The molecule has 0 aliphatic rings. The molecule has 1 atom stereocenters. The highest BCUT2D eigenvalue weighted by Crippen LogP contribution is 2.25. The first-order valence-electron chi connectivity index (χ1n) is 7.83. The SMILES string of the molecule is CCCCN(CC)C(C(=O)O)c1cccc(OCCC)c1. The van der Waals surface area contributed by atoms with Crippen LogP contribution in [0.5, 0.6) is 5.75 Å². The van der Waals surface area contributed by atoms with Crippen molar-refractivity contribution in [3.63, 3.8) is 0 Å². The Bertz CT molecular complexity index is 434. The average molecular weight is 293 g/mol. The Labute approximate surface area is 127 Å². The first kappa shape index (κ1) is 17.5. The summed E-state index contributed by atoms with van der Waals surface area (Å²) in [4.78, 5) is 13.7. The van der Waals surface area contributed by atoms with Crippen molar-refractivity contribution in [3.8, 4) is 5.75 Å². The minimum Gasteiger partial charge on any atom is -0.494 e. The molecule has 0 spiro atoms. The summed E-state index contributed by atoms with van der Waals surface area (Å²) in [6, 6.07) is 6.85. The van der Waals surface area contributed by atoms with Gasteiger partial charge in [0.15, 0.2) is 0 Å². The molecule has 0 saturated carbocycles. The van der Waals surface area contributed by atoms with E-state index in [1.165, 1.54) is 0 Å². The molecule has 0 bridgehead atoms. The minimum atomic E-state index is -0.805. The standard InChI is InChI=1S/C17H27NO3/c1-4-7-11-18(6-3)16(17(19)20)14-9-8-10-15(13-14)21-12-5-2/h8-10,13,16H,4-7,11-12H2,1-3H3,(H,19,20). The highest BCUT2D eigenvalue weighted by molar-refractivity contribution is 5.75. The van der Waals surface area contributed by atoms with Crippen molar-refractivity contribution < 1.29 is 14.6 Å². The molecule has 0 aliphatic carbocycles. The highest BCUT2D eigenvalue weighted by Gasteiger charge is 2.26. The first-order chi connectivity index (χ1) is 10.1. The second-order valence-corrected chi connectivity index (χ2v) is 5.14. The summed E-state index contributed by atoms with van der Waals surface area (Å²) in [5.74, 6) is -0.0623. The van der Waals surface area contributed by atoms with Crippen molar-refractivity contribution in [2.24, 2.45) is 0 Å². The highest BCUT2D eigenvalue weighted by atomic mass is 16.5. The quantitative estimate of drug-likeness (QED) is 0.714. The van der Waals surface area contributed by atoms with E-state index >= 15 is 0 Å². The molecule has 0 aromatic heterocycles. The Morgan fingerprint density at radius 1 is 1.29 bits per heavy atom. The van der Waals surface area contributed by atoms with E-state index < -0.39 is 12.0 Å². The van der Waals surface area contributed by atoms with Crippen LogP contribution in [0.1, 0.15) is 51.6 Å². The Morgan fingerprint density at radius 3 is 2.62 bits per heavy atom. The van der Waals surface area contributed by atoms with Crippen molar-refractivity contribution in [3.05, 3.63) is 29.8 Å². The summed E-state index contributed by atoms with van der Waals surface area (Å²) in [6.45, 7) is 8.33. The summed E-state index contributed by atoms with van der Waals surface area (Å²) in [6.07, 6.45) is 3.00. The third kappa shape index (κ3) is 5.38. The van der Waals surface area contributed by atoms with Gasteiger partial charge in [-0.25, -0.2) is 0 Å². The van der Waals surface area contributed by atoms with Gasteiger partial charge in [0.05, 0.1) is 6.61 Å². The zero-order chi connectivity index (χ0) is 15.7. The maximum absolute atomic E-state index is 11.7. The summed E-state index contributed by atoms with van der Waals surface area (Å²) < 4.78 is 5.61. The molecule has 118 valence electrons. The zero-order valence-electron chi connectivity index (χ0n) is 13.3. The zero-order valence-corrected chi connectivity index (χ0v) is 13.3. The molecule has 0 amide bonds. The number of benzene rings is 1. The maximum Gasteiger partial charge on any atom is 0.325 e. The summed E-state index contributed by atoms with van der Waals surface area (Å²) in [5, 5.41) is 9.61. The lowest BCUT2D eigenvalue weighted by molar-refractivity contribution is -0.143. The molecule has 21 heavy (non-hydrogen) atoms. The lowest BCUT2D eigenvalue weighted by Crippen LogP contribution is -2.34. The lowest BCUT2D eigenvalue weighted by Gasteiger charge is -2.28. The molecule has 0 saturated heterocycles. The van der Waals surface area contributed by atoms with Crippen LogP contribution in [-0.4, -0.2) is 35.7 Å². The summed E-state index contributed by atoms with van der Waals surface area (Å²) >= 11 is 0. The maximum atomic E-state index is 11.7. The molecule has 1 aromatic carbocycles. The number of likely N-dealkylation sites (N-methyl/N-ethyl adjacent to an activating group) is 1. The molecule has 1 N–H and O–H groups in total. The van der Waals surface area contributed by atoms with Gasteiger partial charge >= 0.3 is 5.97 Å². The Hall–Kier alpha value is -1.55. The van der Waals surface area contributed by atoms with E-state index in [0.717, 1.165) is 43.7 Å². The number of carboxylic acids is 1. The van der Waals surface area contributed by atoms with Crippen LogP contribution >= 0.6 is 0 Å². The van der Waals surface area contributed by atoms with E-state index in [9.17, 15) is 9.90 Å². The van der Waals surface area contributed by atoms with E-state index in [0.29, 0.717) is 6.61 Å². The summed E-state index contributed by atoms with van der Waals surface area (Å²) in [7, 11) is 0. The molecule has 0 fully saturated rings. The van der Waals surface area contributed by atoms with Gasteiger partial charge in [0.1, 0.15) is 11.8 Å². The van der Waals surface area contributed by atoms with E-state index in [4.69, 9.17) is 4.74 Å². The first-order valence-corrected chi connectivity index (χ1v) is 7.83. The van der Waals surface area contributed by atoms with Crippen LogP contribution in [0.25, 0.3) is 0 Å². The number of rotatable bonds is 10. The number of nitrogens with zero attached hydrogens (tertiary/aromatic N) is 1. The van der Waals surface area contributed by atoms with Crippen LogP contribution in [-0.2, 0) is 4.79 Å². The molecule has 0 heterocycles. The number of hydrogen-bond acceptors (Lipinski definition) is 3. The molecule has 0 aliphatic heterocycles. The normalized spacial score (nSPS) is 12.4. The molecular weight excluding hydrogens is 266 g/mol. The van der Waals surface area contributed by atoms with E-state index in [2.05, 4.69) is 6.92 Å². The van der Waals surface area contributed by atoms with Gasteiger partial charge in [0.2, 0.25) is 0 Å². The van der Waals surface area contributed by atoms with Gasteiger partial charge in [-0.2, -0.15) is 0 Å². The fourth-order valence-corrected chi connectivity index (χ4v) is 2.33. The predicted octanol–water partition coefficient (Wildman–Crippen LogP) is 3.72. The van der Waals surface area contributed by atoms with Crippen molar-refractivity contribution in [2.75, 3.05) is 19.7 Å². The average Bonchev–Trinajstić information content (AvgIpc) is 2.49. The fraction of sp³-hybridized carbons (Fsp3) is 0.588. The van der Waals surface area contributed by atoms with Gasteiger partial charge in [0, 0.05) is 0 Å². The number of ether oxygens (including phenoxy) is 1. The van der Waals surface area contributed by atoms with Gasteiger partial charge in [0.25, 0.3) is 0 Å². The molecule has 1 rings (SSSR count). The van der Waals surface area contributed by atoms with E-state index in [1.54, 1.807) is 0 Å². The summed E-state index contributed by atoms with van der Waals surface area (Å²) in [5.41, 5.74) is 0.786. The third-order valence-corrected chi connectivity index (χ3v) is 3.45. The molecule has 4 nitrogen and oxygen atoms in total. The Kier molecular flexibility index (Phi) is 7.83. The molecule has 4 heteroatoms. The number of carbonyl (C=O) groups is 1. The number of carboxylic acid groups (broad SMARTS) is 1. The molecule has 1 unspecified atom stereocenters. The molecular formula is C17H27NO3. The fourth-order valence-electron chi connectivity index (χ4n) is 2.33. The predicted molar refractivity (Wildman–Crippen MR) is 84.8 cm³/mol. The Balaban J connectivity index is 2.95. The van der Waals surface area contributed by atoms with Gasteiger partial charge < -0.3 is 9.84 Å². The van der Waals surface area contributed by atoms with Crippen LogP contribution < -0.4 is 4.74 Å². The second-order valence-electron chi connectivity index (χ2n) is 5.14. The van der Waals surface area contributed by atoms with Crippen molar-refractivity contribution in [1.82, 2.24) is 4.90 Å². The molecule has 1 aromatic rings. The minimum absolute atomic E-state index is 0.605. The third-order valence-electron chi connectivity index (χ3n) is 3.45. The van der Waals surface area contributed by atoms with Crippen molar-refractivity contribution >= 4 is 5.97 Å². The largest absolute Gasteiger partial charge is 0.494 e. The van der Waals surface area contributed by atoms with Gasteiger partial charge in [-0.15, -0.1) is 0 Å². The van der Waals surface area contributed by atoms with Crippen LogP contribution in [0.15, 0.2) is 24.3 Å². The van der Waals surface area contributed by atoms with Crippen molar-refractivity contribution in [2.45, 2.75) is 46.1 Å². The number of unbranched alkanes of at least 4 members (excludes halogenated alkanes) is 1. The van der Waals surface area contributed by atoms with Gasteiger partial charge in [-0.1, -0.05) is 39.3 Å². The smallest absolute Gasteiger partial charge is 0.325 e. The number of hydrogen-bond donors (Lipinski definition) is 1. The van der Waals surface area contributed by atoms with E-state index in [-0.39, 0.29) is 0 Å². The van der Waals surface area contributed by atoms with Crippen LogP contribution in [0.4, 0.5) is 0 Å². The monoisotopic (exact) mass is 293 g/mol.